The minimum Gasteiger partial charge on any atom is -0.497 e. The van der Waals surface area contributed by atoms with E-state index in [-0.39, 0.29) is 17.7 Å². The number of amides is 1. The second kappa shape index (κ2) is 8.87. The van der Waals surface area contributed by atoms with Gasteiger partial charge in [0.05, 0.1) is 24.6 Å². The van der Waals surface area contributed by atoms with Crippen molar-refractivity contribution in [3.8, 4) is 5.75 Å². The zero-order valence-corrected chi connectivity index (χ0v) is 16.7. The lowest BCUT2D eigenvalue weighted by molar-refractivity contribution is -0.130. The molecule has 0 spiro atoms. The first-order valence-electron chi connectivity index (χ1n) is 9.23. The Morgan fingerprint density at radius 2 is 1.79 bits per heavy atom. The molecule has 0 saturated heterocycles. The molecule has 0 radical (unpaired) electrons. The highest BCUT2D eigenvalue weighted by molar-refractivity contribution is 7.99. The van der Waals surface area contributed by atoms with E-state index in [1.54, 1.807) is 30.6 Å². The predicted octanol–water partition coefficient (Wildman–Crippen LogP) is 3.96. The molecule has 1 atom stereocenters. The number of benzene rings is 2. The van der Waals surface area contributed by atoms with Crippen molar-refractivity contribution in [2.24, 2.45) is 5.10 Å². The fraction of sp³-hybridized carbons (Fsp3) is 0.182. The Morgan fingerprint density at radius 3 is 2.48 bits per heavy atom. The zero-order chi connectivity index (χ0) is 20.1. The van der Waals surface area contributed by atoms with Crippen molar-refractivity contribution in [3.05, 3.63) is 84.2 Å². The van der Waals surface area contributed by atoms with Crippen molar-refractivity contribution in [1.82, 2.24) is 15.0 Å². The maximum atomic E-state index is 13.0. The van der Waals surface area contributed by atoms with E-state index in [1.165, 1.54) is 11.8 Å². The third-order valence-corrected chi connectivity index (χ3v) is 5.50. The van der Waals surface area contributed by atoms with Gasteiger partial charge in [-0.05, 0) is 29.3 Å². The predicted molar refractivity (Wildman–Crippen MR) is 113 cm³/mol. The highest BCUT2D eigenvalue weighted by Gasteiger charge is 2.33. The molecule has 0 aliphatic carbocycles. The summed E-state index contributed by atoms with van der Waals surface area (Å²) in [5.41, 5.74) is 2.95. The lowest BCUT2D eigenvalue weighted by atomic mass is 9.98. The number of nitrogens with zero attached hydrogens (tertiary/aromatic N) is 4. The summed E-state index contributed by atoms with van der Waals surface area (Å²) in [6.07, 6.45) is 4.00. The molecule has 7 heteroatoms. The Labute approximate surface area is 173 Å². The van der Waals surface area contributed by atoms with Crippen molar-refractivity contribution < 1.29 is 9.53 Å². The van der Waals surface area contributed by atoms with Crippen LogP contribution in [0.2, 0.25) is 0 Å². The topological polar surface area (TPSA) is 67.7 Å². The molecule has 4 rings (SSSR count). The van der Waals surface area contributed by atoms with E-state index in [0.29, 0.717) is 11.6 Å². The second-order valence-electron chi connectivity index (χ2n) is 6.46. The molecule has 0 N–H and O–H groups in total. The van der Waals surface area contributed by atoms with Crippen molar-refractivity contribution in [2.75, 3.05) is 12.9 Å². The van der Waals surface area contributed by atoms with Gasteiger partial charge in [0.1, 0.15) is 5.75 Å². The average molecular weight is 404 g/mol. The molecular weight excluding hydrogens is 384 g/mol. The molecule has 1 aromatic heterocycles. The molecule has 0 saturated carbocycles. The van der Waals surface area contributed by atoms with Crippen molar-refractivity contribution in [1.29, 1.82) is 0 Å². The number of carbonyl (C=O) groups excluding carboxylic acids is 1. The molecular formula is C22H20N4O2S. The molecule has 0 bridgehead atoms. The van der Waals surface area contributed by atoms with E-state index in [9.17, 15) is 4.79 Å². The number of hydrazone groups is 1. The molecule has 0 unspecified atom stereocenters. The zero-order valence-electron chi connectivity index (χ0n) is 15.9. The Hall–Kier alpha value is -3.19. The van der Waals surface area contributed by atoms with Gasteiger partial charge in [0.25, 0.3) is 5.91 Å². The number of aromatic nitrogens is 2. The van der Waals surface area contributed by atoms with E-state index >= 15 is 0 Å². The summed E-state index contributed by atoms with van der Waals surface area (Å²) in [6.45, 7) is 0. The van der Waals surface area contributed by atoms with Gasteiger partial charge in [-0.2, -0.15) is 5.10 Å². The number of hydrogen-bond donors (Lipinski definition) is 0. The van der Waals surface area contributed by atoms with E-state index < -0.39 is 0 Å². The Bertz CT molecular complexity index is 994. The van der Waals surface area contributed by atoms with E-state index in [0.717, 1.165) is 22.6 Å². The van der Waals surface area contributed by atoms with Gasteiger partial charge in [-0.25, -0.2) is 15.0 Å². The molecule has 29 heavy (non-hydrogen) atoms. The number of rotatable bonds is 6. The summed E-state index contributed by atoms with van der Waals surface area (Å²) in [5, 5.41) is 6.86. The van der Waals surface area contributed by atoms with Crippen molar-refractivity contribution in [3.63, 3.8) is 0 Å². The second-order valence-corrected chi connectivity index (χ2v) is 7.41. The van der Waals surface area contributed by atoms with E-state index in [1.807, 2.05) is 54.6 Å². The molecule has 3 aromatic rings. The van der Waals surface area contributed by atoms with Crippen molar-refractivity contribution >= 4 is 23.4 Å². The maximum absolute atomic E-state index is 13.0. The van der Waals surface area contributed by atoms with Gasteiger partial charge < -0.3 is 4.74 Å². The first-order valence-corrected chi connectivity index (χ1v) is 10.2. The minimum absolute atomic E-state index is 0.0748. The molecule has 1 aliphatic heterocycles. The van der Waals surface area contributed by atoms with E-state index in [4.69, 9.17) is 4.74 Å². The first-order chi connectivity index (χ1) is 14.2. The Kier molecular flexibility index (Phi) is 5.86. The van der Waals surface area contributed by atoms with Crippen LogP contribution in [0.3, 0.4) is 0 Å². The van der Waals surface area contributed by atoms with Crippen LogP contribution in [0.4, 0.5) is 0 Å². The van der Waals surface area contributed by atoms with Gasteiger partial charge >= 0.3 is 0 Å². The van der Waals surface area contributed by atoms with Gasteiger partial charge in [0.2, 0.25) is 0 Å². The van der Waals surface area contributed by atoms with Gasteiger partial charge in [0, 0.05) is 18.8 Å². The Balaban J connectivity index is 1.57. The van der Waals surface area contributed by atoms with Gasteiger partial charge in [-0.3, -0.25) is 4.79 Å². The molecule has 2 aromatic carbocycles. The maximum Gasteiger partial charge on any atom is 0.253 e. The molecule has 1 aliphatic rings. The van der Waals surface area contributed by atoms with Gasteiger partial charge in [-0.15, -0.1) is 0 Å². The van der Waals surface area contributed by atoms with Crippen LogP contribution in [0.15, 0.2) is 83.3 Å². The summed E-state index contributed by atoms with van der Waals surface area (Å²) in [6, 6.07) is 19.4. The normalized spacial score (nSPS) is 15.8. The number of carbonyl (C=O) groups is 1. The van der Waals surface area contributed by atoms with Crippen LogP contribution in [0, 0.1) is 0 Å². The third-order valence-electron chi connectivity index (χ3n) is 4.64. The molecule has 146 valence electrons. The smallest absolute Gasteiger partial charge is 0.253 e. The van der Waals surface area contributed by atoms with Crippen LogP contribution in [0.1, 0.15) is 23.6 Å². The van der Waals surface area contributed by atoms with Crippen LogP contribution in [0.5, 0.6) is 5.75 Å². The van der Waals surface area contributed by atoms with Crippen molar-refractivity contribution in [2.45, 2.75) is 17.6 Å². The summed E-state index contributed by atoms with van der Waals surface area (Å²) in [4.78, 5) is 21.4. The lowest BCUT2D eigenvalue weighted by Gasteiger charge is -2.22. The molecule has 2 heterocycles. The average Bonchev–Trinajstić information content (AvgIpc) is 3.24. The lowest BCUT2D eigenvalue weighted by Crippen LogP contribution is -2.28. The highest BCUT2D eigenvalue weighted by atomic mass is 32.2. The number of thioether (sulfide) groups is 1. The molecule has 1 amide bonds. The van der Waals surface area contributed by atoms with E-state index in [2.05, 4.69) is 15.1 Å². The molecule has 6 nitrogen and oxygen atoms in total. The quantitative estimate of drug-likeness (QED) is 0.460. The minimum atomic E-state index is -0.152. The number of ether oxygens (including phenoxy) is 1. The fourth-order valence-electron chi connectivity index (χ4n) is 3.18. The van der Waals surface area contributed by atoms with Gasteiger partial charge in [0.15, 0.2) is 5.16 Å². The fourth-order valence-corrected chi connectivity index (χ4v) is 3.84. The number of methoxy groups -OCH3 is 1. The largest absolute Gasteiger partial charge is 0.497 e. The third kappa shape index (κ3) is 4.46. The van der Waals surface area contributed by atoms with Crippen LogP contribution in [-0.4, -0.2) is 39.5 Å². The summed E-state index contributed by atoms with van der Waals surface area (Å²) in [7, 11) is 1.64. The summed E-state index contributed by atoms with van der Waals surface area (Å²) >= 11 is 1.31. The van der Waals surface area contributed by atoms with Crippen LogP contribution in [-0.2, 0) is 4.79 Å². The number of hydrogen-bond acceptors (Lipinski definition) is 6. The standard InChI is InChI=1S/C22H20N4O2S/c1-28-18-10-8-17(9-11-18)20-14-19(16-6-3-2-4-7-16)25-26(20)21(27)15-29-22-23-12-5-13-24-22/h2-13,20H,14-15H2,1H3/t20-/m1/s1. The Morgan fingerprint density at radius 1 is 1.07 bits per heavy atom. The first kappa shape index (κ1) is 19.1. The monoisotopic (exact) mass is 404 g/mol. The van der Waals surface area contributed by atoms with Crippen LogP contribution < -0.4 is 4.74 Å². The summed E-state index contributed by atoms with van der Waals surface area (Å²) < 4.78 is 5.26. The van der Waals surface area contributed by atoms with Gasteiger partial charge in [-0.1, -0.05) is 54.2 Å². The highest BCUT2D eigenvalue weighted by Crippen LogP contribution is 2.34. The van der Waals surface area contributed by atoms with Crippen LogP contribution in [0.25, 0.3) is 0 Å². The SMILES string of the molecule is COc1ccc([C@H]2CC(c3ccccc3)=NN2C(=O)CSc2ncccn2)cc1. The summed E-state index contributed by atoms with van der Waals surface area (Å²) in [5.74, 6) is 0.933. The van der Waals surface area contributed by atoms with Crippen LogP contribution >= 0.6 is 11.8 Å². The molecule has 0 fully saturated rings.